The molecular formula is C18H22ClN5O. The number of halogens is 1. The first-order valence-corrected chi connectivity index (χ1v) is 9.03. The third kappa shape index (κ3) is 3.17. The Labute approximate surface area is 151 Å². The number of hydrogen-bond donors (Lipinski definition) is 1. The normalized spacial score (nSPS) is 16.8. The van der Waals surface area contributed by atoms with E-state index in [1.807, 2.05) is 36.4 Å². The molecule has 132 valence electrons. The maximum atomic E-state index is 9.10. The lowest BCUT2D eigenvalue weighted by Gasteiger charge is -2.32. The van der Waals surface area contributed by atoms with E-state index in [1.165, 1.54) is 5.56 Å². The lowest BCUT2D eigenvalue weighted by atomic mass is 9.89. The van der Waals surface area contributed by atoms with Gasteiger partial charge in [-0.2, -0.15) is 10.2 Å². The first-order valence-electron chi connectivity index (χ1n) is 8.65. The Bertz CT molecular complexity index is 879. The number of aliphatic hydroxyl groups excluding tert-OH is 1. The van der Waals surface area contributed by atoms with Crippen molar-refractivity contribution in [2.45, 2.75) is 18.8 Å². The number of aryl methyl sites for hydroxylation is 1. The molecule has 0 saturated carbocycles. The highest BCUT2D eigenvalue weighted by atomic mass is 35.5. The third-order valence-electron chi connectivity index (χ3n) is 5.07. The van der Waals surface area contributed by atoms with E-state index in [1.54, 1.807) is 4.68 Å². The summed E-state index contributed by atoms with van der Waals surface area (Å²) in [4.78, 5) is 2.31. The fourth-order valence-electron chi connectivity index (χ4n) is 3.71. The number of aliphatic hydroxyl groups is 1. The smallest absolute Gasteiger partial charge is 0.103 e. The average molecular weight is 360 g/mol. The molecule has 6 nitrogen and oxygen atoms in total. The van der Waals surface area contributed by atoms with Crippen molar-refractivity contribution in [1.82, 2.24) is 24.5 Å². The van der Waals surface area contributed by atoms with Gasteiger partial charge in [0.05, 0.1) is 30.7 Å². The minimum atomic E-state index is 0.224. The first-order chi connectivity index (χ1) is 12.2. The topological polar surface area (TPSA) is 59.1 Å². The number of β-amino-alcohol motifs (C(OH)–C–C–N with tert-alkyl or cyclic N) is 1. The third-order valence-corrected chi connectivity index (χ3v) is 5.39. The van der Waals surface area contributed by atoms with Gasteiger partial charge in [0.1, 0.15) is 5.69 Å². The Morgan fingerprint density at radius 1 is 1.20 bits per heavy atom. The summed E-state index contributed by atoms with van der Waals surface area (Å²) in [7, 11) is 1.90. The Morgan fingerprint density at radius 2 is 2.00 bits per heavy atom. The minimum absolute atomic E-state index is 0.224. The standard InChI is InChI=1S/C18H22ClN5O/c1-22-12-15(11-20-22)24-18-9-16(17(19)8-14(18)10-21-24)13-2-4-23(5-3-13)6-7-25/h8-13,25H,2-7H2,1H3. The zero-order valence-electron chi connectivity index (χ0n) is 14.3. The van der Waals surface area contributed by atoms with Crippen LogP contribution in [0, 0.1) is 0 Å². The summed E-state index contributed by atoms with van der Waals surface area (Å²) in [5.41, 5.74) is 3.21. The molecule has 1 aliphatic heterocycles. The molecule has 0 spiro atoms. The predicted molar refractivity (Wildman–Crippen MR) is 98.3 cm³/mol. The van der Waals surface area contributed by atoms with Crippen molar-refractivity contribution in [1.29, 1.82) is 0 Å². The summed E-state index contributed by atoms with van der Waals surface area (Å²) < 4.78 is 3.69. The molecule has 1 N–H and O–H groups in total. The van der Waals surface area contributed by atoms with E-state index >= 15 is 0 Å². The van der Waals surface area contributed by atoms with E-state index in [9.17, 15) is 0 Å². The van der Waals surface area contributed by atoms with Gasteiger partial charge in [-0.25, -0.2) is 4.68 Å². The molecule has 25 heavy (non-hydrogen) atoms. The molecule has 3 heterocycles. The maximum absolute atomic E-state index is 9.10. The Morgan fingerprint density at radius 3 is 2.68 bits per heavy atom. The monoisotopic (exact) mass is 359 g/mol. The van der Waals surface area contributed by atoms with Crippen LogP contribution in [0.4, 0.5) is 0 Å². The molecule has 3 aromatic rings. The molecule has 1 saturated heterocycles. The van der Waals surface area contributed by atoms with Crippen LogP contribution in [0.2, 0.25) is 5.02 Å². The average Bonchev–Trinajstić information content (AvgIpc) is 3.21. The fraction of sp³-hybridized carbons (Fsp3) is 0.444. The van der Waals surface area contributed by atoms with E-state index in [-0.39, 0.29) is 6.61 Å². The van der Waals surface area contributed by atoms with E-state index in [0.29, 0.717) is 5.92 Å². The summed E-state index contributed by atoms with van der Waals surface area (Å²) in [6, 6.07) is 4.20. The van der Waals surface area contributed by atoms with Crippen LogP contribution < -0.4 is 0 Å². The molecule has 0 bridgehead atoms. The van der Waals surface area contributed by atoms with Gasteiger partial charge < -0.3 is 10.0 Å². The summed E-state index contributed by atoms with van der Waals surface area (Å²) >= 11 is 6.59. The number of fused-ring (bicyclic) bond motifs is 1. The van der Waals surface area contributed by atoms with Gasteiger partial charge in [-0.3, -0.25) is 4.68 Å². The highest BCUT2D eigenvalue weighted by molar-refractivity contribution is 6.32. The largest absolute Gasteiger partial charge is 0.395 e. The van der Waals surface area contributed by atoms with Gasteiger partial charge in [-0.05, 0) is 49.5 Å². The van der Waals surface area contributed by atoms with Crippen molar-refractivity contribution >= 4 is 22.5 Å². The molecule has 1 aromatic carbocycles. The van der Waals surface area contributed by atoms with Gasteiger partial charge in [0.15, 0.2) is 0 Å². The summed E-state index contributed by atoms with van der Waals surface area (Å²) in [5, 5.41) is 19.7. The van der Waals surface area contributed by atoms with E-state index in [2.05, 4.69) is 21.2 Å². The summed E-state index contributed by atoms with van der Waals surface area (Å²) in [5.74, 6) is 0.448. The highest BCUT2D eigenvalue weighted by Gasteiger charge is 2.23. The van der Waals surface area contributed by atoms with Gasteiger partial charge in [-0.15, -0.1) is 0 Å². The molecule has 0 radical (unpaired) electrons. The van der Waals surface area contributed by atoms with Crippen molar-refractivity contribution in [3.8, 4) is 5.69 Å². The van der Waals surface area contributed by atoms with Crippen LogP contribution in [-0.4, -0.2) is 55.8 Å². The Balaban J connectivity index is 1.67. The second kappa shape index (κ2) is 6.78. The van der Waals surface area contributed by atoms with Gasteiger partial charge in [-0.1, -0.05) is 11.6 Å². The number of likely N-dealkylation sites (tertiary alicyclic amines) is 1. The molecule has 0 atom stereocenters. The number of hydrogen-bond acceptors (Lipinski definition) is 4. The lowest BCUT2D eigenvalue weighted by Crippen LogP contribution is -2.35. The lowest BCUT2D eigenvalue weighted by molar-refractivity contribution is 0.164. The van der Waals surface area contributed by atoms with Gasteiger partial charge in [0.2, 0.25) is 0 Å². The molecule has 0 aliphatic carbocycles. The number of nitrogens with zero attached hydrogens (tertiary/aromatic N) is 5. The van der Waals surface area contributed by atoms with Crippen LogP contribution in [0.15, 0.2) is 30.7 Å². The molecule has 4 rings (SSSR count). The number of rotatable bonds is 4. The maximum Gasteiger partial charge on any atom is 0.103 e. The second-order valence-electron chi connectivity index (χ2n) is 6.70. The molecule has 2 aromatic heterocycles. The fourth-order valence-corrected chi connectivity index (χ4v) is 4.03. The van der Waals surface area contributed by atoms with Gasteiger partial charge >= 0.3 is 0 Å². The van der Waals surface area contributed by atoms with Crippen LogP contribution in [-0.2, 0) is 7.05 Å². The minimum Gasteiger partial charge on any atom is -0.395 e. The van der Waals surface area contributed by atoms with E-state index < -0.39 is 0 Å². The van der Waals surface area contributed by atoms with E-state index in [0.717, 1.165) is 54.1 Å². The van der Waals surface area contributed by atoms with Crippen LogP contribution in [0.5, 0.6) is 0 Å². The predicted octanol–water partition coefficient (Wildman–Crippen LogP) is 2.58. The van der Waals surface area contributed by atoms with E-state index in [4.69, 9.17) is 16.7 Å². The molecule has 0 unspecified atom stereocenters. The molecule has 0 amide bonds. The molecule has 7 heteroatoms. The van der Waals surface area contributed by atoms with Crippen molar-refractivity contribution in [3.63, 3.8) is 0 Å². The van der Waals surface area contributed by atoms with Crippen LogP contribution >= 0.6 is 11.6 Å². The molecule has 1 aliphatic rings. The van der Waals surface area contributed by atoms with Crippen molar-refractivity contribution in [2.24, 2.45) is 7.05 Å². The molecular weight excluding hydrogens is 338 g/mol. The number of aromatic nitrogens is 4. The molecule has 1 fully saturated rings. The first kappa shape index (κ1) is 16.6. The zero-order chi connectivity index (χ0) is 17.4. The highest BCUT2D eigenvalue weighted by Crippen LogP contribution is 2.35. The SMILES string of the molecule is Cn1cc(-n2ncc3cc(Cl)c(C4CCN(CCO)CC4)cc32)cn1. The second-order valence-corrected chi connectivity index (χ2v) is 7.11. The Hall–Kier alpha value is -1.89. The number of benzene rings is 1. The quantitative estimate of drug-likeness (QED) is 0.777. The van der Waals surface area contributed by atoms with Crippen LogP contribution in [0.1, 0.15) is 24.3 Å². The Kier molecular flexibility index (Phi) is 4.50. The number of piperidine rings is 1. The van der Waals surface area contributed by atoms with Gasteiger partial charge in [0, 0.05) is 24.0 Å². The van der Waals surface area contributed by atoms with Crippen LogP contribution in [0.25, 0.3) is 16.6 Å². The van der Waals surface area contributed by atoms with Gasteiger partial charge in [0.25, 0.3) is 0 Å². The van der Waals surface area contributed by atoms with Crippen molar-refractivity contribution in [2.75, 3.05) is 26.2 Å². The zero-order valence-corrected chi connectivity index (χ0v) is 15.0. The van der Waals surface area contributed by atoms with Crippen molar-refractivity contribution < 1.29 is 5.11 Å². The summed E-state index contributed by atoms with van der Waals surface area (Å²) in [6.07, 6.45) is 7.74. The van der Waals surface area contributed by atoms with Crippen molar-refractivity contribution in [3.05, 3.63) is 41.3 Å². The summed E-state index contributed by atoms with van der Waals surface area (Å²) in [6.45, 7) is 2.98. The van der Waals surface area contributed by atoms with Crippen LogP contribution in [0.3, 0.4) is 0 Å².